The monoisotopic (exact) mass is 272 g/mol. The first-order valence-corrected chi connectivity index (χ1v) is 8.31. The Labute approximate surface area is 123 Å². The van der Waals surface area contributed by atoms with E-state index in [1.165, 1.54) is 44.3 Å². The first kappa shape index (κ1) is 14.1. The fourth-order valence-electron chi connectivity index (χ4n) is 4.10. The van der Waals surface area contributed by atoms with Crippen molar-refractivity contribution in [3.63, 3.8) is 0 Å². The Morgan fingerprint density at radius 3 is 2.40 bits per heavy atom. The van der Waals surface area contributed by atoms with Crippen molar-refractivity contribution in [2.45, 2.75) is 63.6 Å². The van der Waals surface area contributed by atoms with E-state index < -0.39 is 0 Å². The minimum absolute atomic E-state index is 0.628. The second-order valence-electron chi connectivity index (χ2n) is 6.66. The van der Waals surface area contributed by atoms with Gasteiger partial charge in [0.25, 0.3) is 0 Å². The highest BCUT2D eigenvalue weighted by Crippen LogP contribution is 2.30. The molecule has 2 bridgehead atoms. The van der Waals surface area contributed by atoms with Gasteiger partial charge in [0.05, 0.1) is 0 Å². The van der Waals surface area contributed by atoms with E-state index in [-0.39, 0.29) is 0 Å². The summed E-state index contributed by atoms with van der Waals surface area (Å²) in [5.41, 5.74) is 1.47. The average Bonchev–Trinajstić information content (AvgIpc) is 2.83. The Morgan fingerprint density at radius 2 is 1.80 bits per heavy atom. The topological polar surface area (TPSA) is 15.3 Å². The lowest BCUT2D eigenvalue weighted by molar-refractivity contribution is 0.141. The highest BCUT2D eigenvalue weighted by atomic mass is 15.2. The van der Waals surface area contributed by atoms with Crippen molar-refractivity contribution < 1.29 is 0 Å². The lowest BCUT2D eigenvalue weighted by Crippen LogP contribution is -2.49. The summed E-state index contributed by atoms with van der Waals surface area (Å²) in [5.74, 6) is 0.628. The number of fused-ring (bicyclic) bond motifs is 2. The van der Waals surface area contributed by atoms with E-state index in [0.717, 1.165) is 18.1 Å². The van der Waals surface area contributed by atoms with Crippen molar-refractivity contribution in [3.05, 3.63) is 35.9 Å². The lowest BCUT2D eigenvalue weighted by Gasteiger charge is -2.38. The van der Waals surface area contributed by atoms with Crippen LogP contribution >= 0.6 is 0 Å². The molecule has 110 valence electrons. The van der Waals surface area contributed by atoms with Gasteiger partial charge in [0, 0.05) is 24.7 Å². The zero-order valence-corrected chi connectivity index (χ0v) is 12.9. The second kappa shape index (κ2) is 6.28. The summed E-state index contributed by atoms with van der Waals surface area (Å²) in [6.07, 6.45) is 5.50. The third kappa shape index (κ3) is 3.07. The number of nitrogens with one attached hydrogen (secondary N) is 1. The summed E-state index contributed by atoms with van der Waals surface area (Å²) >= 11 is 0. The van der Waals surface area contributed by atoms with Gasteiger partial charge in [-0.25, -0.2) is 0 Å². The van der Waals surface area contributed by atoms with Crippen LogP contribution in [-0.2, 0) is 0 Å². The minimum atomic E-state index is 0.628. The lowest BCUT2D eigenvalue weighted by atomic mass is 9.95. The molecular weight excluding hydrogens is 244 g/mol. The third-order valence-electron chi connectivity index (χ3n) is 5.25. The molecule has 0 aliphatic carbocycles. The molecule has 2 heteroatoms. The molecule has 2 aliphatic rings. The summed E-state index contributed by atoms with van der Waals surface area (Å²) in [4.78, 5) is 2.73. The third-order valence-corrected chi connectivity index (χ3v) is 5.25. The van der Waals surface area contributed by atoms with Crippen LogP contribution in [0.3, 0.4) is 0 Å². The number of piperidine rings is 1. The summed E-state index contributed by atoms with van der Waals surface area (Å²) in [5, 5.41) is 3.76. The van der Waals surface area contributed by atoms with E-state index in [4.69, 9.17) is 0 Å². The maximum atomic E-state index is 3.76. The number of hydrogen-bond donors (Lipinski definition) is 1. The number of hydrogen-bond acceptors (Lipinski definition) is 2. The molecule has 1 aromatic carbocycles. The Morgan fingerprint density at radius 1 is 1.15 bits per heavy atom. The molecule has 2 heterocycles. The van der Waals surface area contributed by atoms with Crippen LogP contribution in [0, 0.1) is 0 Å². The van der Waals surface area contributed by atoms with Crippen LogP contribution in [0.4, 0.5) is 0 Å². The summed E-state index contributed by atoms with van der Waals surface area (Å²) in [6.45, 7) is 7.07. The maximum Gasteiger partial charge on any atom is 0.0125 e. The van der Waals surface area contributed by atoms with Gasteiger partial charge < -0.3 is 5.32 Å². The van der Waals surface area contributed by atoms with Gasteiger partial charge >= 0.3 is 0 Å². The molecule has 3 unspecified atom stereocenters. The van der Waals surface area contributed by atoms with Gasteiger partial charge in [0.15, 0.2) is 0 Å². The standard InChI is InChI=1S/C18H28N2/c1-3-20(13-14(2)15-7-5-4-6-8-15)18-11-16-9-10-17(12-18)19-16/h4-8,14,16-19H,3,9-13H2,1-2H3. The fraction of sp³-hybridized carbons (Fsp3) is 0.667. The number of nitrogens with zero attached hydrogens (tertiary/aromatic N) is 1. The SMILES string of the molecule is CCN(CC(C)c1ccccc1)C1CC2CCC(C1)N2. The van der Waals surface area contributed by atoms with E-state index in [1.807, 2.05) is 0 Å². The molecule has 20 heavy (non-hydrogen) atoms. The molecule has 2 fully saturated rings. The molecule has 0 saturated carbocycles. The average molecular weight is 272 g/mol. The van der Waals surface area contributed by atoms with Gasteiger partial charge in [-0.2, -0.15) is 0 Å². The molecule has 2 aliphatic heterocycles. The molecule has 3 atom stereocenters. The molecule has 0 amide bonds. The van der Waals surface area contributed by atoms with Crippen LogP contribution in [-0.4, -0.2) is 36.1 Å². The van der Waals surface area contributed by atoms with Gasteiger partial charge in [-0.1, -0.05) is 44.2 Å². The van der Waals surface area contributed by atoms with E-state index in [0.29, 0.717) is 5.92 Å². The van der Waals surface area contributed by atoms with E-state index in [1.54, 1.807) is 0 Å². The Balaban J connectivity index is 1.62. The summed E-state index contributed by atoms with van der Waals surface area (Å²) < 4.78 is 0. The van der Waals surface area contributed by atoms with Gasteiger partial charge in [0.1, 0.15) is 0 Å². The first-order valence-electron chi connectivity index (χ1n) is 8.31. The number of benzene rings is 1. The normalized spacial score (nSPS) is 30.6. The maximum absolute atomic E-state index is 3.76. The smallest absolute Gasteiger partial charge is 0.0125 e. The first-order chi connectivity index (χ1) is 9.76. The predicted octanol–water partition coefficient (Wildman–Crippen LogP) is 3.40. The van der Waals surface area contributed by atoms with Crippen molar-refractivity contribution in [1.29, 1.82) is 0 Å². The predicted molar refractivity (Wildman–Crippen MR) is 85.1 cm³/mol. The summed E-state index contributed by atoms with van der Waals surface area (Å²) in [6, 6.07) is 13.3. The molecule has 0 spiro atoms. The second-order valence-corrected chi connectivity index (χ2v) is 6.66. The van der Waals surface area contributed by atoms with Crippen LogP contribution in [0.2, 0.25) is 0 Å². The number of rotatable bonds is 5. The molecule has 2 saturated heterocycles. The van der Waals surface area contributed by atoms with E-state index in [9.17, 15) is 0 Å². The molecule has 2 nitrogen and oxygen atoms in total. The fourth-order valence-corrected chi connectivity index (χ4v) is 4.10. The number of likely N-dealkylation sites (N-methyl/N-ethyl adjacent to an activating group) is 1. The molecule has 1 aromatic rings. The van der Waals surface area contributed by atoms with Gasteiger partial charge in [-0.3, -0.25) is 4.90 Å². The minimum Gasteiger partial charge on any atom is -0.311 e. The van der Waals surface area contributed by atoms with Crippen LogP contribution in [0.1, 0.15) is 51.0 Å². The van der Waals surface area contributed by atoms with Crippen molar-refractivity contribution in [2.75, 3.05) is 13.1 Å². The van der Waals surface area contributed by atoms with Crippen molar-refractivity contribution in [2.24, 2.45) is 0 Å². The van der Waals surface area contributed by atoms with Crippen LogP contribution < -0.4 is 5.32 Å². The van der Waals surface area contributed by atoms with Crippen molar-refractivity contribution in [1.82, 2.24) is 10.2 Å². The molecule has 1 N–H and O–H groups in total. The summed E-state index contributed by atoms with van der Waals surface area (Å²) in [7, 11) is 0. The molecular formula is C18H28N2. The van der Waals surface area contributed by atoms with Crippen molar-refractivity contribution >= 4 is 0 Å². The van der Waals surface area contributed by atoms with E-state index in [2.05, 4.69) is 54.4 Å². The zero-order chi connectivity index (χ0) is 13.9. The van der Waals surface area contributed by atoms with Gasteiger partial charge in [-0.05, 0) is 43.7 Å². The highest BCUT2D eigenvalue weighted by Gasteiger charge is 2.35. The zero-order valence-electron chi connectivity index (χ0n) is 12.9. The Hall–Kier alpha value is -0.860. The van der Waals surface area contributed by atoms with Gasteiger partial charge in [0.2, 0.25) is 0 Å². The van der Waals surface area contributed by atoms with Crippen LogP contribution in [0.25, 0.3) is 0 Å². The Bertz CT molecular complexity index is 405. The largest absolute Gasteiger partial charge is 0.311 e. The van der Waals surface area contributed by atoms with Crippen molar-refractivity contribution in [3.8, 4) is 0 Å². The van der Waals surface area contributed by atoms with Gasteiger partial charge in [-0.15, -0.1) is 0 Å². The van der Waals surface area contributed by atoms with Crippen LogP contribution in [0.15, 0.2) is 30.3 Å². The molecule has 0 radical (unpaired) electrons. The quantitative estimate of drug-likeness (QED) is 0.884. The highest BCUT2D eigenvalue weighted by molar-refractivity contribution is 5.19. The molecule has 3 rings (SSSR count). The van der Waals surface area contributed by atoms with E-state index >= 15 is 0 Å². The van der Waals surface area contributed by atoms with Crippen LogP contribution in [0.5, 0.6) is 0 Å². The molecule has 0 aromatic heterocycles. The Kier molecular flexibility index (Phi) is 4.42.